The van der Waals surface area contributed by atoms with Crippen LogP contribution in [-0.2, 0) is 27.7 Å². The van der Waals surface area contributed by atoms with Crippen LogP contribution >= 0.6 is 0 Å². The second-order valence-corrected chi connectivity index (χ2v) is 12.1. The summed E-state index contributed by atoms with van der Waals surface area (Å²) in [5, 5.41) is 9.69. The summed E-state index contributed by atoms with van der Waals surface area (Å²) in [5.41, 5.74) is 2.20. The van der Waals surface area contributed by atoms with Crippen molar-refractivity contribution in [1.82, 2.24) is 0 Å². The number of aryl methyl sites for hydroxylation is 1. The number of aliphatic carboxylic acids is 1. The summed E-state index contributed by atoms with van der Waals surface area (Å²) in [5.74, 6) is 1.78. The van der Waals surface area contributed by atoms with Gasteiger partial charge in [0, 0.05) is 6.42 Å². The van der Waals surface area contributed by atoms with Crippen LogP contribution in [0.2, 0.25) is 0 Å². The molecular formula is C34H35NO7S. The predicted octanol–water partition coefficient (Wildman–Crippen LogP) is 6.87. The molecule has 1 unspecified atom stereocenters. The standard InChI is InChI=1S/C34H35NO7S/c1-2-10-26-23-29(42-28-12-4-3-5-13-28)17-20-33(26)41-22-9-8-21-40-27-15-18-30(19-16-27)43(38,39)35-31-14-7-6-11-25(31)24-32(35)34(36)37/h3-7,11-20,23,32H,2,8-10,21-22,24H2,1H3,(H,36,37). The van der Waals surface area contributed by atoms with Gasteiger partial charge in [-0.15, -0.1) is 0 Å². The molecule has 0 bridgehead atoms. The number of carboxylic acids is 1. The number of hydrogen-bond acceptors (Lipinski definition) is 6. The van der Waals surface area contributed by atoms with Gasteiger partial charge in [-0.2, -0.15) is 0 Å². The van der Waals surface area contributed by atoms with Gasteiger partial charge in [0.25, 0.3) is 10.0 Å². The number of nitrogens with zero attached hydrogens (tertiary/aromatic N) is 1. The molecule has 0 spiro atoms. The zero-order valence-electron chi connectivity index (χ0n) is 24.0. The van der Waals surface area contributed by atoms with Crippen molar-refractivity contribution in [2.45, 2.75) is 50.0 Å². The lowest BCUT2D eigenvalue weighted by atomic mass is 10.1. The van der Waals surface area contributed by atoms with E-state index in [2.05, 4.69) is 6.92 Å². The number of para-hydroxylation sites is 2. The second kappa shape index (κ2) is 13.6. The Morgan fingerprint density at radius 1 is 0.837 bits per heavy atom. The smallest absolute Gasteiger partial charge is 0.327 e. The van der Waals surface area contributed by atoms with Gasteiger partial charge in [0.05, 0.1) is 23.8 Å². The molecule has 9 heteroatoms. The quantitative estimate of drug-likeness (QED) is 0.157. The van der Waals surface area contributed by atoms with Gasteiger partial charge in [-0.05, 0) is 91.1 Å². The molecule has 0 saturated carbocycles. The number of hydrogen-bond donors (Lipinski definition) is 1. The average molecular weight is 602 g/mol. The Morgan fingerprint density at radius 3 is 2.23 bits per heavy atom. The van der Waals surface area contributed by atoms with Crippen molar-refractivity contribution in [3.8, 4) is 23.0 Å². The van der Waals surface area contributed by atoms with Crippen LogP contribution in [0, 0.1) is 0 Å². The lowest BCUT2D eigenvalue weighted by Crippen LogP contribution is -2.42. The van der Waals surface area contributed by atoms with Crippen molar-refractivity contribution in [2.75, 3.05) is 17.5 Å². The second-order valence-electron chi connectivity index (χ2n) is 10.3. The largest absolute Gasteiger partial charge is 0.494 e. The first-order valence-electron chi connectivity index (χ1n) is 14.4. The fourth-order valence-corrected chi connectivity index (χ4v) is 6.73. The molecule has 4 aromatic rings. The molecule has 0 fully saturated rings. The first-order chi connectivity index (χ1) is 20.9. The number of fused-ring (bicyclic) bond motifs is 1. The Bertz CT molecular complexity index is 1640. The molecule has 0 aliphatic carbocycles. The third kappa shape index (κ3) is 7.11. The van der Waals surface area contributed by atoms with Gasteiger partial charge in [-0.25, -0.2) is 13.2 Å². The minimum absolute atomic E-state index is 0.0132. The zero-order valence-corrected chi connectivity index (χ0v) is 24.8. The number of benzene rings is 4. The molecule has 224 valence electrons. The highest BCUT2D eigenvalue weighted by Gasteiger charge is 2.42. The lowest BCUT2D eigenvalue weighted by molar-refractivity contribution is -0.138. The maximum absolute atomic E-state index is 13.4. The van der Waals surface area contributed by atoms with Crippen LogP contribution in [-0.4, -0.2) is 38.7 Å². The highest BCUT2D eigenvalue weighted by Crippen LogP contribution is 2.37. The van der Waals surface area contributed by atoms with Crippen LogP contribution in [0.1, 0.15) is 37.3 Å². The average Bonchev–Trinajstić information content (AvgIpc) is 3.42. The first-order valence-corrected chi connectivity index (χ1v) is 15.9. The number of unbranched alkanes of at least 4 members (excludes halogenated alkanes) is 1. The molecule has 4 aromatic carbocycles. The Labute approximate surface area is 252 Å². The molecule has 1 aliphatic heterocycles. The van der Waals surface area contributed by atoms with Gasteiger partial charge >= 0.3 is 5.97 Å². The third-order valence-corrected chi connectivity index (χ3v) is 9.02. The molecule has 0 saturated heterocycles. The van der Waals surface area contributed by atoms with Gasteiger partial charge in [0.2, 0.25) is 0 Å². The molecule has 5 rings (SSSR count). The van der Waals surface area contributed by atoms with Crippen molar-refractivity contribution in [2.24, 2.45) is 0 Å². The maximum Gasteiger partial charge on any atom is 0.327 e. The minimum atomic E-state index is -4.08. The molecule has 0 amide bonds. The lowest BCUT2D eigenvalue weighted by Gasteiger charge is -2.24. The fraction of sp³-hybridized carbons (Fsp3) is 0.265. The van der Waals surface area contributed by atoms with Gasteiger partial charge in [-0.3, -0.25) is 4.31 Å². The van der Waals surface area contributed by atoms with E-state index >= 15 is 0 Å². The van der Waals surface area contributed by atoms with E-state index in [9.17, 15) is 18.3 Å². The van der Waals surface area contributed by atoms with Gasteiger partial charge < -0.3 is 19.3 Å². The summed E-state index contributed by atoms with van der Waals surface area (Å²) in [6.07, 6.45) is 3.54. The summed E-state index contributed by atoms with van der Waals surface area (Å²) in [6.45, 7) is 3.12. The topological polar surface area (TPSA) is 102 Å². The Hall–Kier alpha value is -4.50. The number of rotatable bonds is 14. The van der Waals surface area contributed by atoms with Crippen LogP contribution in [0.5, 0.6) is 23.0 Å². The molecule has 1 heterocycles. The van der Waals surface area contributed by atoms with E-state index in [1.807, 2.05) is 48.5 Å². The number of sulfonamides is 1. The van der Waals surface area contributed by atoms with E-state index < -0.39 is 22.0 Å². The normalized spacial score (nSPS) is 14.3. The summed E-state index contributed by atoms with van der Waals surface area (Å²) in [4.78, 5) is 11.9. The summed E-state index contributed by atoms with van der Waals surface area (Å²) < 4.78 is 45.8. The Kier molecular flexibility index (Phi) is 9.51. The predicted molar refractivity (Wildman–Crippen MR) is 165 cm³/mol. The molecule has 1 atom stereocenters. The Morgan fingerprint density at radius 2 is 1.51 bits per heavy atom. The van der Waals surface area contributed by atoms with E-state index in [-0.39, 0.29) is 11.3 Å². The van der Waals surface area contributed by atoms with Crippen molar-refractivity contribution >= 4 is 21.7 Å². The van der Waals surface area contributed by atoms with Crippen LogP contribution in [0.15, 0.2) is 102 Å². The van der Waals surface area contributed by atoms with Gasteiger partial charge in [0.15, 0.2) is 0 Å². The molecule has 43 heavy (non-hydrogen) atoms. The van der Waals surface area contributed by atoms with Crippen molar-refractivity contribution < 1.29 is 32.5 Å². The van der Waals surface area contributed by atoms with Crippen LogP contribution in [0.25, 0.3) is 0 Å². The van der Waals surface area contributed by atoms with Crippen LogP contribution in [0.4, 0.5) is 5.69 Å². The molecule has 1 N–H and O–H groups in total. The molecule has 8 nitrogen and oxygen atoms in total. The number of carbonyl (C=O) groups is 1. The summed E-state index contributed by atoms with van der Waals surface area (Å²) in [7, 11) is -4.08. The molecule has 0 aromatic heterocycles. The zero-order chi connectivity index (χ0) is 30.2. The number of anilines is 1. The summed E-state index contributed by atoms with van der Waals surface area (Å²) >= 11 is 0. The van der Waals surface area contributed by atoms with E-state index in [0.29, 0.717) is 30.2 Å². The van der Waals surface area contributed by atoms with E-state index in [1.54, 1.807) is 36.4 Å². The van der Waals surface area contributed by atoms with Gasteiger partial charge in [0.1, 0.15) is 29.0 Å². The third-order valence-electron chi connectivity index (χ3n) is 7.19. The van der Waals surface area contributed by atoms with Crippen molar-refractivity contribution in [3.05, 3.63) is 108 Å². The number of ether oxygens (including phenoxy) is 3. The Balaban J connectivity index is 1.11. The summed E-state index contributed by atoms with van der Waals surface area (Å²) in [6, 6.07) is 27.4. The molecular weight excluding hydrogens is 566 g/mol. The minimum Gasteiger partial charge on any atom is -0.494 e. The van der Waals surface area contributed by atoms with Crippen molar-refractivity contribution in [1.29, 1.82) is 0 Å². The van der Waals surface area contributed by atoms with E-state index in [0.717, 1.165) is 52.8 Å². The van der Waals surface area contributed by atoms with E-state index in [1.165, 1.54) is 12.1 Å². The molecule has 1 aliphatic rings. The highest BCUT2D eigenvalue weighted by atomic mass is 32.2. The van der Waals surface area contributed by atoms with Crippen LogP contribution < -0.4 is 18.5 Å². The van der Waals surface area contributed by atoms with Gasteiger partial charge in [-0.1, -0.05) is 49.7 Å². The first kappa shape index (κ1) is 30.0. The fourth-order valence-electron chi connectivity index (χ4n) is 5.09. The SMILES string of the molecule is CCCc1cc(Oc2ccccc2)ccc1OCCCCOc1ccc(S(=O)(=O)N2c3ccccc3CC2C(=O)O)cc1. The van der Waals surface area contributed by atoms with E-state index in [4.69, 9.17) is 14.2 Å². The highest BCUT2D eigenvalue weighted by molar-refractivity contribution is 7.93. The maximum atomic E-state index is 13.4. The number of carboxylic acid groups (broad SMARTS) is 1. The molecule has 0 radical (unpaired) electrons. The van der Waals surface area contributed by atoms with Crippen molar-refractivity contribution in [3.63, 3.8) is 0 Å². The monoisotopic (exact) mass is 601 g/mol. The van der Waals surface area contributed by atoms with Crippen LogP contribution in [0.3, 0.4) is 0 Å².